The maximum Gasteiger partial charge on any atom is 0.283 e. The molecule has 0 aliphatic rings. The highest BCUT2D eigenvalue weighted by Crippen LogP contribution is 2.06. The first-order valence-electron chi connectivity index (χ1n) is 6.21. The first-order valence-corrected chi connectivity index (χ1v) is 6.21. The molecule has 0 unspecified atom stereocenters. The van der Waals surface area contributed by atoms with Crippen molar-refractivity contribution in [1.29, 1.82) is 0 Å². The summed E-state index contributed by atoms with van der Waals surface area (Å²) in [4.78, 5) is 20.0. The number of rotatable bonds is 5. The number of carbonyl (C=O) groups is 1. The number of nitrogens with two attached hydrogens (primary N) is 1. The first kappa shape index (κ1) is 13.2. The number of aryl methyl sites for hydroxylation is 1. The number of nitrogens with zero attached hydrogens (tertiary/aromatic N) is 3. The van der Waals surface area contributed by atoms with Crippen molar-refractivity contribution in [3.8, 4) is 0 Å². The minimum Gasteiger partial charge on any atom is -0.329 e. The van der Waals surface area contributed by atoms with Gasteiger partial charge in [0, 0.05) is 18.8 Å². The van der Waals surface area contributed by atoms with Crippen molar-refractivity contribution in [1.82, 2.24) is 20.0 Å². The number of nitrogens with one attached hydrogen (secondary N) is 1. The van der Waals surface area contributed by atoms with E-state index < -0.39 is 0 Å². The molecule has 6 nitrogen and oxygen atoms in total. The van der Waals surface area contributed by atoms with Gasteiger partial charge < -0.3 is 4.57 Å². The molecule has 1 amide bonds. The van der Waals surface area contributed by atoms with Crippen LogP contribution in [0, 0.1) is 0 Å². The quantitative estimate of drug-likeness (QED) is 0.474. The van der Waals surface area contributed by atoms with E-state index >= 15 is 0 Å². The van der Waals surface area contributed by atoms with Crippen LogP contribution in [0.1, 0.15) is 35.4 Å². The Labute approximate surface area is 111 Å². The van der Waals surface area contributed by atoms with E-state index in [0.29, 0.717) is 12.2 Å². The summed E-state index contributed by atoms with van der Waals surface area (Å²) in [6.07, 6.45) is 5.67. The summed E-state index contributed by atoms with van der Waals surface area (Å²) in [5.74, 6) is 5.74. The van der Waals surface area contributed by atoms with Crippen LogP contribution < -0.4 is 11.3 Å². The summed E-state index contributed by atoms with van der Waals surface area (Å²) in [6.45, 7) is 2.71. The van der Waals surface area contributed by atoms with Gasteiger partial charge in [-0.2, -0.15) is 0 Å². The van der Waals surface area contributed by atoms with E-state index in [1.165, 1.54) is 0 Å². The minimum atomic E-state index is -0.388. The Morgan fingerprint density at radius 1 is 1.47 bits per heavy atom. The summed E-state index contributed by atoms with van der Waals surface area (Å²) in [6, 6.07) is 5.30. The van der Waals surface area contributed by atoms with Gasteiger partial charge in [0.25, 0.3) is 5.91 Å². The number of amides is 1. The molecule has 0 spiro atoms. The predicted octanol–water partition coefficient (Wildman–Crippen LogP) is 0.882. The second-order valence-corrected chi connectivity index (χ2v) is 4.21. The first-order chi connectivity index (χ1) is 9.24. The van der Waals surface area contributed by atoms with E-state index in [4.69, 9.17) is 5.84 Å². The highest BCUT2D eigenvalue weighted by atomic mass is 16.2. The molecule has 0 radical (unpaired) electrons. The van der Waals surface area contributed by atoms with E-state index in [1.54, 1.807) is 18.3 Å². The van der Waals surface area contributed by atoms with Gasteiger partial charge in [-0.25, -0.2) is 15.8 Å². The van der Waals surface area contributed by atoms with Gasteiger partial charge in [-0.3, -0.25) is 10.2 Å². The van der Waals surface area contributed by atoms with Crippen LogP contribution >= 0.6 is 0 Å². The molecule has 0 aliphatic carbocycles. The van der Waals surface area contributed by atoms with Crippen LogP contribution in [0.4, 0.5) is 0 Å². The minimum absolute atomic E-state index is 0.317. The molecule has 0 fully saturated rings. The number of aromatic nitrogens is 3. The number of hydrazine groups is 1. The highest BCUT2D eigenvalue weighted by molar-refractivity contribution is 5.91. The van der Waals surface area contributed by atoms with Crippen LogP contribution in [0.15, 0.2) is 30.6 Å². The molecule has 6 heteroatoms. The van der Waals surface area contributed by atoms with Crippen molar-refractivity contribution in [3.05, 3.63) is 47.8 Å². The number of nitrogen functional groups attached to an aromatic ring is 1. The van der Waals surface area contributed by atoms with Gasteiger partial charge in [0.1, 0.15) is 11.5 Å². The van der Waals surface area contributed by atoms with Crippen molar-refractivity contribution >= 4 is 5.91 Å². The molecule has 0 aliphatic heterocycles. The van der Waals surface area contributed by atoms with Gasteiger partial charge in [-0.1, -0.05) is 13.0 Å². The Kier molecular flexibility index (Phi) is 4.25. The van der Waals surface area contributed by atoms with Gasteiger partial charge >= 0.3 is 0 Å². The fraction of sp³-hybridized carbons (Fsp3) is 0.308. The largest absolute Gasteiger partial charge is 0.329 e. The summed E-state index contributed by atoms with van der Waals surface area (Å²) >= 11 is 0. The van der Waals surface area contributed by atoms with Crippen molar-refractivity contribution < 1.29 is 4.79 Å². The molecule has 2 aromatic heterocycles. The maximum atomic E-state index is 11.4. The average Bonchev–Trinajstić information content (AvgIpc) is 2.86. The molecule has 0 saturated carbocycles. The molecular formula is C13H17N5O. The van der Waals surface area contributed by atoms with Gasteiger partial charge in [-0.05, 0) is 18.6 Å². The molecule has 2 aromatic rings. The van der Waals surface area contributed by atoms with Crippen LogP contribution in [-0.4, -0.2) is 20.4 Å². The van der Waals surface area contributed by atoms with E-state index in [1.807, 2.05) is 16.8 Å². The zero-order valence-corrected chi connectivity index (χ0v) is 10.8. The van der Waals surface area contributed by atoms with Crippen molar-refractivity contribution in [3.63, 3.8) is 0 Å². The molecule has 2 heterocycles. The zero-order chi connectivity index (χ0) is 13.7. The fourth-order valence-corrected chi connectivity index (χ4v) is 1.88. The van der Waals surface area contributed by atoms with Crippen molar-refractivity contribution in [2.45, 2.75) is 26.3 Å². The number of hydrogen-bond acceptors (Lipinski definition) is 4. The van der Waals surface area contributed by atoms with Crippen LogP contribution in [0.3, 0.4) is 0 Å². The lowest BCUT2D eigenvalue weighted by Crippen LogP contribution is -2.30. The predicted molar refractivity (Wildman–Crippen MR) is 71.2 cm³/mol. The molecule has 0 aromatic carbocycles. The Hall–Kier alpha value is -2.21. The van der Waals surface area contributed by atoms with Crippen molar-refractivity contribution in [2.75, 3.05) is 0 Å². The molecule has 0 saturated heterocycles. The van der Waals surface area contributed by atoms with Gasteiger partial charge in [0.2, 0.25) is 0 Å². The number of carbonyl (C=O) groups excluding carboxylic acids is 1. The van der Waals surface area contributed by atoms with Crippen LogP contribution in [-0.2, 0) is 13.0 Å². The van der Waals surface area contributed by atoms with Gasteiger partial charge in [-0.15, -0.1) is 0 Å². The molecule has 19 heavy (non-hydrogen) atoms. The standard InChI is InChI=1S/C13H17N5O/c1-2-4-12-15-7-8-18(12)9-10-5-3-6-11(16-10)13(19)17-14/h3,5-8H,2,4,9,14H2,1H3,(H,17,19). The number of hydrogen-bond donors (Lipinski definition) is 2. The smallest absolute Gasteiger partial charge is 0.283 e. The Balaban J connectivity index is 2.18. The lowest BCUT2D eigenvalue weighted by atomic mass is 10.2. The van der Waals surface area contributed by atoms with E-state index in [-0.39, 0.29) is 5.91 Å². The van der Waals surface area contributed by atoms with Gasteiger partial charge in [0.15, 0.2) is 0 Å². The summed E-state index contributed by atoms with van der Waals surface area (Å²) < 4.78 is 2.04. The lowest BCUT2D eigenvalue weighted by Gasteiger charge is -2.07. The molecule has 0 atom stereocenters. The third kappa shape index (κ3) is 3.17. The number of pyridine rings is 1. The highest BCUT2D eigenvalue weighted by Gasteiger charge is 2.07. The van der Waals surface area contributed by atoms with Crippen LogP contribution in [0.2, 0.25) is 0 Å². The monoisotopic (exact) mass is 259 g/mol. The van der Waals surface area contributed by atoms with E-state index in [9.17, 15) is 4.79 Å². The number of imidazole rings is 1. The molecule has 2 rings (SSSR count). The third-order valence-electron chi connectivity index (χ3n) is 2.78. The fourth-order valence-electron chi connectivity index (χ4n) is 1.88. The van der Waals surface area contributed by atoms with E-state index in [0.717, 1.165) is 24.4 Å². The normalized spacial score (nSPS) is 10.4. The Morgan fingerprint density at radius 3 is 3.05 bits per heavy atom. The van der Waals surface area contributed by atoms with Crippen LogP contribution in [0.5, 0.6) is 0 Å². The summed E-state index contributed by atoms with van der Waals surface area (Å²) in [5, 5.41) is 0. The van der Waals surface area contributed by atoms with Crippen LogP contribution in [0.25, 0.3) is 0 Å². The molecule has 0 bridgehead atoms. The molecule has 3 N–H and O–H groups in total. The SMILES string of the molecule is CCCc1nccn1Cc1cccc(C(=O)NN)n1. The second-order valence-electron chi connectivity index (χ2n) is 4.21. The molecular weight excluding hydrogens is 242 g/mol. The molecule has 100 valence electrons. The van der Waals surface area contributed by atoms with Gasteiger partial charge in [0.05, 0.1) is 12.2 Å². The van der Waals surface area contributed by atoms with Crippen molar-refractivity contribution in [2.24, 2.45) is 5.84 Å². The average molecular weight is 259 g/mol. The second kappa shape index (κ2) is 6.10. The summed E-state index contributed by atoms with van der Waals surface area (Å²) in [7, 11) is 0. The topological polar surface area (TPSA) is 85.8 Å². The Bertz CT molecular complexity index is 564. The zero-order valence-electron chi connectivity index (χ0n) is 10.8. The summed E-state index contributed by atoms with van der Waals surface area (Å²) in [5.41, 5.74) is 3.20. The lowest BCUT2D eigenvalue weighted by molar-refractivity contribution is 0.0948. The third-order valence-corrected chi connectivity index (χ3v) is 2.78. The van der Waals surface area contributed by atoms with E-state index in [2.05, 4.69) is 22.3 Å². The Morgan fingerprint density at radius 2 is 2.32 bits per heavy atom. The maximum absolute atomic E-state index is 11.4.